The number of aryl methyl sites for hydroxylation is 3. The molecule has 0 saturated carbocycles. The molecule has 2 heterocycles. The second-order valence-electron chi connectivity index (χ2n) is 7.00. The highest BCUT2D eigenvalue weighted by atomic mass is 19.1. The quantitative estimate of drug-likeness (QED) is 0.555. The summed E-state index contributed by atoms with van der Waals surface area (Å²) in [6.07, 6.45) is 0.645. The molecular formula is C22H22FN3O. The van der Waals surface area contributed by atoms with Gasteiger partial charge in [-0.05, 0) is 49.6 Å². The summed E-state index contributed by atoms with van der Waals surface area (Å²) < 4.78 is 16.0. The summed E-state index contributed by atoms with van der Waals surface area (Å²) in [5, 5.41) is 4.97. The highest BCUT2D eigenvalue weighted by Crippen LogP contribution is 2.28. The van der Waals surface area contributed by atoms with Crippen molar-refractivity contribution in [2.45, 2.75) is 20.3 Å². The van der Waals surface area contributed by atoms with E-state index in [1.165, 1.54) is 6.07 Å². The molecule has 27 heavy (non-hydrogen) atoms. The molecule has 4 nitrogen and oxygen atoms in total. The first kappa shape index (κ1) is 17.3. The molecular weight excluding hydrogens is 341 g/mol. The lowest BCUT2D eigenvalue weighted by atomic mass is 10.0. The van der Waals surface area contributed by atoms with Gasteiger partial charge in [-0.25, -0.2) is 4.39 Å². The van der Waals surface area contributed by atoms with Crippen LogP contribution in [0.4, 0.5) is 4.39 Å². The number of nitrogens with one attached hydrogen (secondary N) is 2. The minimum atomic E-state index is -0.246. The lowest BCUT2D eigenvalue weighted by Crippen LogP contribution is -2.27. The van der Waals surface area contributed by atoms with E-state index in [9.17, 15) is 9.18 Å². The van der Waals surface area contributed by atoms with Crippen LogP contribution >= 0.6 is 0 Å². The van der Waals surface area contributed by atoms with Crippen LogP contribution < -0.4 is 5.32 Å². The van der Waals surface area contributed by atoms with E-state index in [1.54, 1.807) is 6.07 Å². The van der Waals surface area contributed by atoms with Gasteiger partial charge < -0.3 is 14.9 Å². The Morgan fingerprint density at radius 3 is 2.74 bits per heavy atom. The predicted molar refractivity (Wildman–Crippen MR) is 107 cm³/mol. The van der Waals surface area contributed by atoms with Crippen molar-refractivity contribution in [3.63, 3.8) is 0 Å². The van der Waals surface area contributed by atoms with Crippen LogP contribution in [-0.4, -0.2) is 22.0 Å². The van der Waals surface area contributed by atoms with Crippen molar-refractivity contribution in [2.75, 3.05) is 6.54 Å². The minimum Gasteiger partial charge on any atom is -0.356 e. The Balaban J connectivity index is 1.54. The summed E-state index contributed by atoms with van der Waals surface area (Å²) in [5.74, 6) is -0.349. The zero-order valence-corrected chi connectivity index (χ0v) is 15.7. The van der Waals surface area contributed by atoms with Crippen LogP contribution in [0, 0.1) is 19.7 Å². The third-order valence-corrected chi connectivity index (χ3v) is 5.27. The fourth-order valence-electron chi connectivity index (χ4n) is 3.85. The Morgan fingerprint density at radius 1 is 1.19 bits per heavy atom. The number of hydrogen-bond acceptors (Lipinski definition) is 1. The smallest absolute Gasteiger partial charge is 0.267 e. The van der Waals surface area contributed by atoms with Crippen molar-refractivity contribution in [3.05, 3.63) is 70.8 Å². The Kier molecular flexibility index (Phi) is 4.22. The average Bonchev–Trinajstić information content (AvgIpc) is 3.17. The Morgan fingerprint density at radius 2 is 1.96 bits per heavy atom. The Labute approximate surface area is 157 Å². The normalized spacial score (nSPS) is 11.4. The number of aromatic nitrogens is 2. The van der Waals surface area contributed by atoms with Crippen LogP contribution in [0.25, 0.3) is 21.8 Å². The number of fused-ring (bicyclic) bond motifs is 2. The lowest BCUT2D eigenvalue weighted by Gasteiger charge is -2.08. The van der Waals surface area contributed by atoms with Gasteiger partial charge in [-0.1, -0.05) is 24.3 Å². The predicted octanol–water partition coefficient (Wildman–Crippen LogP) is 4.39. The summed E-state index contributed by atoms with van der Waals surface area (Å²) in [6.45, 7) is 4.41. The van der Waals surface area contributed by atoms with Gasteiger partial charge in [0.25, 0.3) is 5.91 Å². The molecule has 0 unspecified atom stereocenters. The van der Waals surface area contributed by atoms with Crippen molar-refractivity contribution in [3.8, 4) is 0 Å². The Hall–Kier alpha value is -3.08. The maximum atomic E-state index is 14.1. The number of benzene rings is 2. The van der Waals surface area contributed by atoms with Gasteiger partial charge in [0.1, 0.15) is 11.5 Å². The molecule has 0 atom stereocenters. The van der Waals surface area contributed by atoms with Gasteiger partial charge in [-0.3, -0.25) is 4.79 Å². The zero-order chi connectivity index (χ0) is 19.1. The number of nitrogens with zero attached hydrogens (tertiary/aromatic N) is 1. The van der Waals surface area contributed by atoms with Gasteiger partial charge >= 0.3 is 0 Å². The fourth-order valence-corrected chi connectivity index (χ4v) is 3.85. The largest absolute Gasteiger partial charge is 0.356 e. The summed E-state index contributed by atoms with van der Waals surface area (Å²) in [6, 6.07) is 13.1. The van der Waals surface area contributed by atoms with E-state index >= 15 is 0 Å². The molecule has 4 aromatic rings. The molecule has 0 aliphatic heterocycles. The standard InChI is InChI=1S/C22H22FN3O/c1-13-8-9-17(23)21-20(13)16(14(2)25-21)10-11-24-22(27)19-12-15-6-4-5-7-18(15)26(19)3/h4-9,12,25H,10-11H2,1-3H3,(H,24,27). The van der Waals surface area contributed by atoms with E-state index in [0.717, 1.165) is 33.1 Å². The van der Waals surface area contributed by atoms with E-state index in [1.807, 2.05) is 55.8 Å². The maximum absolute atomic E-state index is 14.1. The highest BCUT2D eigenvalue weighted by Gasteiger charge is 2.16. The summed E-state index contributed by atoms with van der Waals surface area (Å²) in [7, 11) is 1.90. The number of aromatic amines is 1. The van der Waals surface area contributed by atoms with Crippen molar-refractivity contribution in [1.82, 2.24) is 14.9 Å². The summed E-state index contributed by atoms with van der Waals surface area (Å²) in [4.78, 5) is 15.8. The zero-order valence-electron chi connectivity index (χ0n) is 15.7. The maximum Gasteiger partial charge on any atom is 0.267 e. The molecule has 4 rings (SSSR count). The topological polar surface area (TPSA) is 49.8 Å². The van der Waals surface area contributed by atoms with Crippen molar-refractivity contribution < 1.29 is 9.18 Å². The van der Waals surface area contributed by atoms with Gasteiger partial charge in [0, 0.05) is 35.6 Å². The molecule has 0 radical (unpaired) electrons. The molecule has 2 aromatic heterocycles. The number of halogens is 1. The molecule has 138 valence electrons. The number of rotatable bonds is 4. The molecule has 0 saturated heterocycles. The molecule has 5 heteroatoms. The van der Waals surface area contributed by atoms with E-state index in [4.69, 9.17) is 0 Å². The second kappa shape index (κ2) is 6.58. The molecule has 0 fully saturated rings. The summed E-state index contributed by atoms with van der Waals surface area (Å²) >= 11 is 0. The molecule has 0 spiro atoms. The van der Waals surface area contributed by atoms with Gasteiger partial charge in [-0.2, -0.15) is 0 Å². The monoisotopic (exact) mass is 363 g/mol. The highest BCUT2D eigenvalue weighted by molar-refractivity contribution is 5.98. The lowest BCUT2D eigenvalue weighted by molar-refractivity contribution is 0.0946. The van der Waals surface area contributed by atoms with E-state index in [2.05, 4.69) is 10.3 Å². The number of carbonyl (C=O) groups is 1. The van der Waals surface area contributed by atoms with Gasteiger partial charge in [0.05, 0.1) is 5.52 Å². The molecule has 2 aromatic carbocycles. The first-order valence-corrected chi connectivity index (χ1v) is 9.06. The molecule has 0 bridgehead atoms. The Bertz CT molecular complexity index is 1170. The molecule has 2 N–H and O–H groups in total. The van der Waals surface area contributed by atoms with E-state index in [-0.39, 0.29) is 11.7 Å². The minimum absolute atomic E-state index is 0.103. The molecule has 0 aliphatic rings. The molecule has 0 aliphatic carbocycles. The van der Waals surface area contributed by atoms with Gasteiger partial charge in [-0.15, -0.1) is 0 Å². The van der Waals surface area contributed by atoms with Crippen LogP contribution in [0.15, 0.2) is 42.5 Å². The van der Waals surface area contributed by atoms with Crippen LogP contribution in [0.2, 0.25) is 0 Å². The number of amides is 1. The van der Waals surface area contributed by atoms with Crippen molar-refractivity contribution in [2.24, 2.45) is 7.05 Å². The SMILES string of the molecule is Cc1[nH]c2c(F)ccc(C)c2c1CCNC(=O)c1cc2ccccc2n1C. The van der Waals surface area contributed by atoms with Crippen LogP contribution in [0.5, 0.6) is 0 Å². The number of carbonyl (C=O) groups excluding carboxylic acids is 1. The second-order valence-corrected chi connectivity index (χ2v) is 7.00. The first-order valence-electron chi connectivity index (χ1n) is 9.06. The van der Waals surface area contributed by atoms with Crippen LogP contribution in [-0.2, 0) is 13.5 Å². The number of para-hydroxylation sites is 1. The first-order chi connectivity index (χ1) is 13.0. The van der Waals surface area contributed by atoms with Crippen LogP contribution in [0.3, 0.4) is 0 Å². The third kappa shape index (κ3) is 2.89. The van der Waals surface area contributed by atoms with Gasteiger partial charge in [0.15, 0.2) is 0 Å². The fraction of sp³-hybridized carbons (Fsp3) is 0.227. The molecule has 1 amide bonds. The third-order valence-electron chi connectivity index (χ3n) is 5.27. The van der Waals surface area contributed by atoms with E-state index in [0.29, 0.717) is 24.2 Å². The average molecular weight is 363 g/mol. The summed E-state index contributed by atoms with van der Waals surface area (Å²) in [5.41, 5.74) is 5.24. The van der Waals surface area contributed by atoms with Crippen molar-refractivity contribution in [1.29, 1.82) is 0 Å². The van der Waals surface area contributed by atoms with Gasteiger partial charge in [0.2, 0.25) is 0 Å². The van der Waals surface area contributed by atoms with E-state index < -0.39 is 0 Å². The van der Waals surface area contributed by atoms with Crippen molar-refractivity contribution >= 4 is 27.7 Å². The number of H-pyrrole nitrogens is 1. The van der Waals surface area contributed by atoms with Crippen LogP contribution in [0.1, 0.15) is 27.3 Å². The number of hydrogen-bond donors (Lipinski definition) is 2.